The average molecular weight is 433 g/mol. The highest BCUT2D eigenvalue weighted by molar-refractivity contribution is 5.91. The zero-order valence-electron chi connectivity index (χ0n) is 16.8. The molecule has 2 aliphatic heterocycles. The molecule has 2 aromatic carbocycles. The molecule has 2 amide bonds. The number of nitrogens with one attached hydrogen (secondary N) is 2. The number of alkyl halides is 3. The number of rotatable bonds is 3. The number of carbonyl (C=O) groups excluding carboxylic acids is 2. The van der Waals surface area contributed by atoms with Crippen LogP contribution in [0.1, 0.15) is 37.8 Å². The van der Waals surface area contributed by atoms with Gasteiger partial charge in [-0.25, -0.2) is 0 Å². The largest absolute Gasteiger partial charge is 0.471 e. The molecule has 2 atom stereocenters. The summed E-state index contributed by atoms with van der Waals surface area (Å²) in [5.41, 5.74) is 1.92. The second-order valence-electron chi connectivity index (χ2n) is 7.58. The molecule has 2 aliphatic rings. The fourth-order valence-corrected chi connectivity index (χ4v) is 4.14. The van der Waals surface area contributed by atoms with Gasteiger partial charge in [0.25, 0.3) is 0 Å². The Labute approximate surface area is 177 Å². The van der Waals surface area contributed by atoms with Crippen LogP contribution in [-0.4, -0.2) is 30.6 Å². The zero-order chi connectivity index (χ0) is 22.2. The van der Waals surface area contributed by atoms with Crippen LogP contribution in [0.4, 0.5) is 24.5 Å². The monoisotopic (exact) mass is 433 g/mol. The summed E-state index contributed by atoms with van der Waals surface area (Å²) in [5, 5.41) is 4.99. The van der Waals surface area contributed by atoms with E-state index in [1.54, 1.807) is 49.4 Å². The van der Waals surface area contributed by atoms with Crippen molar-refractivity contribution in [2.75, 3.05) is 16.8 Å². The van der Waals surface area contributed by atoms with E-state index in [2.05, 4.69) is 10.6 Å². The first-order chi connectivity index (χ1) is 14.8. The van der Waals surface area contributed by atoms with Crippen LogP contribution in [-0.2, 0) is 9.59 Å². The molecule has 164 valence electrons. The van der Waals surface area contributed by atoms with E-state index in [0.29, 0.717) is 54.2 Å². The first kappa shape index (κ1) is 21.0. The highest BCUT2D eigenvalue weighted by Gasteiger charge is 2.44. The number of fused-ring (bicyclic) bond motifs is 5. The normalized spacial score (nSPS) is 19.8. The summed E-state index contributed by atoms with van der Waals surface area (Å²) in [6.45, 7) is 2.31. The summed E-state index contributed by atoms with van der Waals surface area (Å²) in [6.07, 6.45) is -3.65. The van der Waals surface area contributed by atoms with E-state index in [0.717, 1.165) is 0 Å². The van der Waals surface area contributed by atoms with Gasteiger partial charge in [0.2, 0.25) is 5.91 Å². The molecule has 0 aliphatic carbocycles. The predicted octanol–water partition coefficient (Wildman–Crippen LogP) is 4.53. The Morgan fingerprint density at radius 1 is 1.16 bits per heavy atom. The number of para-hydroxylation sites is 1. The summed E-state index contributed by atoms with van der Waals surface area (Å²) < 4.78 is 45.0. The molecule has 2 heterocycles. The van der Waals surface area contributed by atoms with E-state index in [1.165, 1.54) is 0 Å². The van der Waals surface area contributed by atoms with Crippen LogP contribution in [0.2, 0.25) is 0 Å². The highest BCUT2D eigenvalue weighted by Crippen LogP contribution is 2.48. The smallest absolute Gasteiger partial charge is 0.455 e. The number of ether oxygens (including phenoxy) is 1. The third-order valence-electron chi connectivity index (χ3n) is 5.54. The number of carbonyl (C=O) groups is 2. The lowest BCUT2D eigenvalue weighted by Gasteiger charge is -2.42. The summed E-state index contributed by atoms with van der Waals surface area (Å²) in [6, 6.07) is 11.1. The lowest BCUT2D eigenvalue weighted by atomic mass is 9.89. The second kappa shape index (κ2) is 8.13. The third kappa shape index (κ3) is 4.17. The SMILES string of the molecule is CCC(=O)Nc1ccc2c(c1)N1CCCC(NC(=O)C(F)(F)F)C1c1ccccc1O2. The lowest BCUT2D eigenvalue weighted by Crippen LogP contribution is -2.52. The Bertz CT molecular complexity index is 1010. The van der Waals surface area contributed by atoms with E-state index in [1.807, 2.05) is 4.90 Å². The molecule has 0 spiro atoms. The molecular formula is C22H22F3N3O3. The van der Waals surface area contributed by atoms with Gasteiger partial charge in [0.1, 0.15) is 5.75 Å². The maximum Gasteiger partial charge on any atom is 0.471 e. The van der Waals surface area contributed by atoms with Gasteiger partial charge in [0, 0.05) is 24.2 Å². The minimum Gasteiger partial charge on any atom is -0.455 e. The molecule has 31 heavy (non-hydrogen) atoms. The molecule has 0 bridgehead atoms. The van der Waals surface area contributed by atoms with E-state index < -0.39 is 24.2 Å². The maximum atomic E-state index is 13.0. The first-order valence-corrected chi connectivity index (χ1v) is 10.1. The number of nitrogens with zero attached hydrogens (tertiary/aromatic N) is 1. The standard InChI is InChI=1S/C22H22F3N3O3/c1-2-19(29)26-13-9-10-18-16(12-13)28-11-5-7-15(27-21(30)22(23,24)25)20(28)14-6-3-4-8-17(14)31-18/h3-4,6,8-10,12,15,20H,2,5,7,11H2,1H3,(H,26,29)(H,27,30). The molecule has 2 N–H and O–H groups in total. The number of hydrogen-bond acceptors (Lipinski definition) is 4. The lowest BCUT2D eigenvalue weighted by molar-refractivity contribution is -0.174. The van der Waals surface area contributed by atoms with Crippen molar-refractivity contribution in [3.63, 3.8) is 0 Å². The number of amides is 2. The Morgan fingerprint density at radius 3 is 2.68 bits per heavy atom. The van der Waals surface area contributed by atoms with Crippen LogP contribution in [0.3, 0.4) is 0 Å². The van der Waals surface area contributed by atoms with Gasteiger partial charge in [-0.2, -0.15) is 13.2 Å². The Kier molecular flexibility index (Phi) is 5.51. The van der Waals surface area contributed by atoms with Crippen molar-refractivity contribution in [3.8, 4) is 11.5 Å². The molecular weight excluding hydrogens is 411 g/mol. The van der Waals surface area contributed by atoms with Crippen molar-refractivity contribution >= 4 is 23.2 Å². The van der Waals surface area contributed by atoms with Crippen LogP contribution < -0.4 is 20.3 Å². The van der Waals surface area contributed by atoms with Crippen molar-refractivity contribution < 1.29 is 27.5 Å². The van der Waals surface area contributed by atoms with Crippen molar-refractivity contribution in [2.24, 2.45) is 0 Å². The van der Waals surface area contributed by atoms with Gasteiger partial charge in [-0.05, 0) is 37.1 Å². The number of piperidine rings is 1. The van der Waals surface area contributed by atoms with Crippen LogP contribution in [0, 0.1) is 0 Å². The Morgan fingerprint density at radius 2 is 1.94 bits per heavy atom. The quantitative estimate of drug-likeness (QED) is 0.746. The van der Waals surface area contributed by atoms with Crippen molar-refractivity contribution in [2.45, 2.75) is 44.4 Å². The Balaban J connectivity index is 1.77. The third-order valence-corrected chi connectivity index (χ3v) is 5.54. The van der Waals surface area contributed by atoms with Crippen LogP contribution >= 0.6 is 0 Å². The summed E-state index contributed by atoms with van der Waals surface area (Å²) in [7, 11) is 0. The van der Waals surface area contributed by atoms with Crippen molar-refractivity contribution in [1.82, 2.24) is 5.32 Å². The molecule has 2 unspecified atom stereocenters. The fraction of sp³-hybridized carbons (Fsp3) is 0.364. The van der Waals surface area contributed by atoms with Gasteiger partial charge in [0.15, 0.2) is 5.75 Å². The van der Waals surface area contributed by atoms with E-state index in [-0.39, 0.29) is 5.91 Å². The first-order valence-electron chi connectivity index (χ1n) is 10.1. The van der Waals surface area contributed by atoms with Crippen LogP contribution in [0.25, 0.3) is 0 Å². The Hall–Kier alpha value is -3.23. The van der Waals surface area contributed by atoms with Gasteiger partial charge in [-0.15, -0.1) is 0 Å². The molecule has 1 fully saturated rings. The van der Waals surface area contributed by atoms with E-state index in [9.17, 15) is 22.8 Å². The number of halogens is 3. The van der Waals surface area contributed by atoms with Gasteiger partial charge < -0.3 is 20.3 Å². The molecule has 0 aromatic heterocycles. The van der Waals surface area contributed by atoms with Gasteiger partial charge in [0.05, 0.1) is 17.8 Å². The number of benzene rings is 2. The van der Waals surface area contributed by atoms with Crippen LogP contribution in [0.15, 0.2) is 42.5 Å². The summed E-state index contributed by atoms with van der Waals surface area (Å²) in [4.78, 5) is 25.5. The number of hydrogen-bond donors (Lipinski definition) is 2. The fourth-order valence-electron chi connectivity index (χ4n) is 4.14. The van der Waals surface area contributed by atoms with Crippen molar-refractivity contribution in [3.05, 3.63) is 48.0 Å². The number of anilines is 2. The molecule has 0 saturated carbocycles. The average Bonchev–Trinajstić information content (AvgIpc) is 2.88. The molecule has 2 aromatic rings. The van der Waals surface area contributed by atoms with Gasteiger partial charge in [-0.1, -0.05) is 25.1 Å². The van der Waals surface area contributed by atoms with Gasteiger partial charge in [-0.3, -0.25) is 9.59 Å². The van der Waals surface area contributed by atoms with Crippen LogP contribution in [0.5, 0.6) is 11.5 Å². The second-order valence-corrected chi connectivity index (χ2v) is 7.58. The zero-order valence-corrected chi connectivity index (χ0v) is 16.8. The minimum atomic E-state index is -4.96. The molecule has 4 rings (SSSR count). The van der Waals surface area contributed by atoms with E-state index in [4.69, 9.17) is 4.74 Å². The molecule has 1 saturated heterocycles. The highest BCUT2D eigenvalue weighted by atomic mass is 19.4. The van der Waals surface area contributed by atoms with Gasteiger partial charge >= 0.3 is 12.1 Å². The van der Waals surface area contributed by atoms with E-state index >= 15 is 0 Å². The maximum absolute atomic E-state index is 13.0. The topological polar surface area (TPSA) is 70.7 Å². The minimum absolute atomic E-state index is 0.150. The molecule has 9 heteroatoms. The predicted molar refractivity (Wildman–Crippen MR) is 109 cm³/mol. The molecule has 0 radical (unpaired) electrons. The van der Waals surface area contributed by atoms with Crippen molar-refractivity contribution in [1.29, 1.82) is 0 Å². The summed E-state index contributed by atoms with van der Waals surface area (Å²) in [5.74, 6) is -1.04. The summed E-state index contributed by atoms with van der Waals surface area (Å²) >= 11 is 0. The molecule has 6 nitrogen and oxygen atoms in total.